The molecule has 0 radical (unpaired) electrons. The second-order valence-electron chi connectivity index (χ2n) is 3.64. The van der Waals surface area contributed by atoms with E-state index in [9.17, 15) is 14.9 Å². The molecule has 0 bridgehead atoms. The van der Waals surface area contributed by atoms with Gasteiger partial charge in [0, 0.05) is 17.8 Å². The molecule has 0 aliphatic heterocycles. The van der Waals surface area contributed by atoms with Gasteiger partial charge in [-0.3, -0.25) is 10.1 Å². The molecule has 0 aliphatic carbocycles. The molecule has 1 aromatic carbocycles. The van der Waals surface area contributed by atoms with E-state index in [0.29, 0.717) is 17.9 Å². The van der Waals surface area contributed by atoms with Crippen LogP contribution in [0.15, 0.2) is 35.1 Å². The van der Waals surface area contributed by atoms with E-state index in [0.717, 1.165) is 0 Å². The second-order valence-corrected chi connectivity index (χ2v) is 3.64. The number of aromatic carboxylic acids is 1. The number of anilines is 1. The fraction of sp³-hybridized carbons (Fsp3) is 0.0909. The molecular formula is C11H9N3O5. The number of nitro benzene ring substituents is 1. The Labute approximate surface area is 106 Å². The fourth-order valence-electron chi connectivity index (χ4n) is 1.49. The predicted octanol–water partition coefficient (Wildman–Crippen LogP) is 1.89. The minimum atomic E-state index is -1.34. The van der Waals surface area contributed by atoms with Gasteiger partial charge in [0.25, 0.3) is 5.69 Å². The van der Waals surface area contributed by atoms with E-state index in [1.54, 1.807) is 6.07 Å². The Morgan fingerprint density at radius 2 is 2.26 bits per heavy atom. The third-order valence-electron chi connectivity index (χ3n) is 2.39. The zero-order valence-corrected chi connectivity index (χ0v) is 9.57. The van der Waals surface area contributed by atoms with Crippen molar-refractivity contribution in [2.45, 2.75) is 6.54 Å². The fourth-order valence-corrected chi connectivity index (χ4v) is 1.49. The molecule has 2 N–H and O–H groups in total. The van der Waals surface area contributed by atoms with E-state index < -0.39 is 16.6 Å². The first kappa shape index (κ1) is 12.6. The van der Waals surface area contributed by atoms with Crippen molar-refractivity contribution in [1.29, 1.82) is 0 Å². The SMILES string of the molecule is O=C(O)c1ccc(NCc2ccon2)cc1[N+](=O)[O-]. The number of nitrogens with one attached hydrogen (secondary N) is 1. The summed E-state index contributed by atoms with van der Waals surface area (Å²) in [5, 5.41) is 26.2. The lowest BCUT2D eigenvalue weighted by Gasteiger charge is -2.05. The number of aromatic nitrogens is 1. The van der Waals surface area contributed by atoms with Crippen LogP contribution in [0.4, 0.5) is 11.4 Å². The number of carboxylic acids is 1. The van der Waals surface area contributed by atoms with Gasteiger partial charge in [-0.1, -0.05) is 5.16 Å². The summed E-state index contributed by atoms with van der Waals surface area (Å²) in [4.78, 5) is 20.9. The third kappa shape index (κ3) is 2.86. The van der Waals surface area contributed by atoms with Gasteiger partial charge in [0.15, 0.2) is 0 Å². The van der Waals surface area contributed by atoms with Crippen molar-refractivity contribution in [3.05, 3.63) is 51.9 Å². The maximum atomic E-state index is 10.8. The van der Waals surface area contributed by atoms with Crippen molar-refractivity contribution < 1.29 is 19.3 Å². The molecule has 1 aromatic heterocycles. The average molecular weight is 263 g/mol. The van der Waals surface area contributed by atoms with Crippen molar-refractivity contribution in [2.75, 3.05) is 5.32 Å². The molecule has 98 valence electrons. The lowest BCUT2D eigenvalue weighted by atomic mass is 10.1. The summed E-state index contributed by atoms with van der Waals surface area (Å²) in [6.45, 7) is 0.320. The topological polar surface area (TPSA) is 118 Å². The molecule has 0 unspecified atom stereocenters. The van der Waals surface area contributed by atoms with Crippen molar-refractivity contribution in [3.63, 3.8) is 0 Å². The summed E-state index contributed by atoms with van der Waals surface area (Å²) in [5.74, 6) is -1.34. The van der Waals surface area contributed by atoms with Gasteiger partial charge in [-0.2, -0.15) is 0 Å². The third-order valence-corrected chi connectivity index (χ3v) is 2.39. The first-order chi connectivity index (χ1) is 9.08. The largest absolute Gasteiger partial charge is 0.477 e. The standard InChI is InChI=1S/C11H9N3O5/c15-11(16)9-2-1-7(5-10(9)14(17)18)12-6-8-3-4-19-13-8/h1-5,12H,6H2,(H,15,16). The molecule has 0 spiro atoms. The van der Waals surface area contributed by atoms with Crippen LogP contribution in [-0.4, -0.2) is 21.2 Å². The molecule has 0 saturated heterocycles. The van der Waals surface area contributed by atoms with Crippen molar-refractivity contribution in [1.82, 2.24) is 5.16 Å². The first-order valence-electron chi connectivity index (χ1n) is 5.23. The molecule has 2 rings (SSSR count). The number of rotatable bonds is 5. The van der Waals surface area contributed by atoms with E-state index in [4.69, 9.17) is 5.11 Å². The number of benzene rings is 1. The van der Waals surface area contributed by atoms with Gasteiger partial charge >= 0.3 is 5.97 Å². The van der Waals surface area contributed by atoms with Gasteiger partial charge in [0.2, 0.25) is 0 Å². The smallest absolute Gasteiger partial charge is 0.342 e. The van der Waals surface area contributed by atoms with Gasteiger partial charge in [0.05, 0.1) is 11.5 Å². The molecule has 8 heteroatoms. The van der Waals surface area contributed by atoms with Crippen LogP contribution in [-0.2, 0) is 6.54 Å². The number of carboxylic acid groups (broad SMARTS) is 1. The van der Waals surface area contributed by atoms with Gasteiger partial charge in [-0.15, -0.1) is 0 Å². The Balaban J connectivity index is 2.20. The number of carbonyl (C=O) groups is 1. The van der Waals surface area contributed by atoms with E-state index in [1.807, 2.05) is 0 Å². The molecule has 8 nitrogen and oxygen atoms in total. The van der Waals surface area contributed by atoms with E-state index in [1.165, 1.54) is 24.5 Å². The molecule has 0 atom stereocenters. The highest BCUT2D eigenvalue weighted by Gasteiger charge is 2.19. The van der Waals surface area contributed by atoms with Crippen LogP contribution in [0.3, 0.4) is 0 Å². The maximum absolute atomic E-state index is 10.8. The Morgan fingerprint density at radius 1 is 1.47 bits per heavy atom. The molecule has 0 aliphatic rings. The lowest BCUT2D eigenvalue weighted by molar-refractivity contribution is -0.385. The van der Waals surface area contributed by atoms with E-state index in [-0.39, 0.29) is 5.56 Å². The summed E-state index contributed by atoms with van der Waals surface area (Å²) >= 11 is 0. The lowest BCUT2D eigenvalue weighted by Crippen LogP contribution is -2.05. The highest BCUT2D eigenvalue weighted by molar-refractivity contribution is 5.93. The van der Waals surface area contributed by atoms with Crippen LogP contribution >= 0.6 is 0 Å². The predicted molar refractivity (Wildman–Crippen MR) is 63.9 cm³/mol. The highest BCUT2D eigenvalue weighted by atomic mass is 16.6. The summed E-state index contributed by atoms with van der Waals surface area (Å²) in [5.41, 5.74) is 0.249. The summed E-state index contributed by atoms with van der Waals surface area (Å²) in [6.07, 6.45) is 1.41. The Morgan fingerprint density at radius 3 is 2.84 bits per heavy atom. The Bertz CT molecular complexity index is 609. The maximum Gasteiger partial charge on any atom is 0.342 e. The van der Waals surface area contributed by atoms with Crippen LogP contribution in [0.2, 0.25) is 0 Å². The van der Waals surface area contributed by atoms with Gasteiger partial charge in [0.1, 0.15) is 17.5 Å². The molecule has 1 heterocycles. The Hall–Kier alpha value is -2.90. The quantitative estimate of drug-likeness (QED) is 0.624. The van der Waals surface area contributed by atoms with E-state index in [2.05, 4.69) is 15.0 Å². The normalized spacial score (nSPS) is 10.1. The molecule has 0 amide bonds. The molecule has 0 saturated carbocycles. The molecular weight excluding hydrogens is 254 g/mol. The van der Waals surface area contributed by atoms with Crippen molar-refractivity contribution in [3.8, 4) is 0 Å². The zero-order valence-electron chi connectivity index (χ0n) is 9.57. The minimum Gasteiger partial charge on any atom is -0.477 e. The van der Waals surface area contributed by atoms with Gasteiger partial charge < -0.3 is 14.9 Å². The summed E-state index contributed by atoms with van der Waals surface area (Å²) in [6, 6.07) is 5.46. The molecule has 2 aromatic rings. The van der Waals surface area contributed by atoms with Crippen LogP contribution in [0.5, 0.6) is 0 Å². The molecule has 19 heavy (non-hydrogen) atoms. The highest BCUT2D eigenvalue weighted by Crippen LogP contribution is 2.23. The summed E-state index contributed by atoms with van der Waals surface area (Å²) in [7, 11) is 0. The van der Waals surface area contributed by atoms with Crippen LogP contribution in [0, 0.1) is 10.1 Å². The summed E-state index contributed by atoms with van der Waals surface area (Å²) < 4.78 is 4.64. The van der Waals surface area contributed by atoms with Crippen LogP contribution in [0.1, 0.15) is 16.1 Å². The number of nitrogens with zero attached hydrogens (tertiary/aromatic N) is 2. The zero-order chi connectivity index (χ0) is 13.8. The van der Waals surface area contributed by atoms with Crippen molar-refractivity contribution in [2.24, 2.45) is 0 Å². The monoisotopic (exact) mass is 263 g/mol. The van der Waals surface area contributed by atoms with Gasteiger partial charge in [-0.25, -0.2) is 4.79 Å². The van der Waals surface area contributed by atoms with E-state index >= 15 is 0 Å². The second kappa shape index (κ2) is 5.17. The number of hydrogen-bond acceptors (Lipinski definition) is 6. The number of nitro groups is 1. The van der Waals surface area contributed by atoms with Crippen LogP contribution < -0.4 is 5.32 Å². The van der Waals surface area contributed by atoms with Crippen molar-refractivity contribution >= 4 is 17.3 Å². The Kier molecular flexibility index (Phi) is 3.42. The molecule has 0 fully saturated rings. The number of hydrogen-bond donors (Lipinski definition) is 2. The van der Waals surface area contributed by atoms with Gasteiger partial charge in [-0.05, 0) is 12.1 Å². The minimum absolute atomic E-state index is 0.320. The first-order valence-corrected chi connectivity index (χ1v) is 5.23. The van der Waals surface area contributed by atoms with Crippen LogP contribution in [0.25, 0.3) is 0 Å². The average Bonchev–Trinajstić information content (AvgIpc) is 2.88.